The molecule has 3 rings (SSSR count). The Bertz CT molecular complexity index is 1040. The number of ketones is 1. The molecule has 30 heavy (non-hydrogen) atoms. The van der Waals surface area contributed by atoms with E-state index in [2.05, 4.69) is 10.4 Å². The SMILES string of the molecule is Cc1nn(-c2ccccc2)c(C)c1C(=O)C(=O)NCc1cccc(COC(C)C)c1. The maximum Gasteiger partial charge on any atom is 0.292 e. The highest BCUT2D eigenvalue weighted by molar-refractivity contribution is 6.43. The number of aromatic nitrogens is 2. The van der Waals surface area contributed by atoms with Crippen molar-refractivity contribution in [2.45, 2.75) is 47.0 Å². The summed E-state index contributed by atoms with van der Waals surface area (Å²) >= 11 is 0. The van der Waals surface area contributed by atoms with Gasteiger partial charge in [0.25, 0.3) is 11.7 Å². The van der Waals surface area contributed by atoms with Crippen molar-refractivity contribution < 1.29 is 14.3 Å². The first-order valence-corrected chi connectivity index (χ1v) is 10.0. The average Bonchev–Trinajstić information content (AvgIpc) is 3.04. The highest BCUT2D eigenvalue weighted by Gasteiger charge is 2.24. The molecule has 0 atom stereocenters. The molecule has 0 radical (unpaired) electrons. The molecule has 0 saturated heterocycles. The second-order valence-electron chi connectivity index (χ2n) is 7.48. The molecule has 156 valence electrons. The monoisotopic (exact) mass is 405 g/mol. The third-order valence-corrected chi connectivity index (χ3v) is 4.75. The molecule has 0 aliphatic heterocycles. The van der Waals surface area contributed by atoms with Crippen LogP contribution in [0.25, 0.3) is 5.69 Å². The van der Waals surface area contributed by atoms with Crippen LogP contribution in [0, 0.1) is 13.8 Å². The van der Waals surface area contributed by atoms with Gasteiger partial charge in [0.2, 0.25) is 0 Å². The predicted octanol–water partition coefficient (Wildman–Crippen LogP) is 3.91. The number of nitrogens with zero attached hydrogens (tertiary/aromatic N) is 2. The first kappa shape index (κ1) is 21.5. The molecule has 6 nitrogen and oxygen atoms in total. The van der Waals surface area contributed by atoms with Crippen LogP contribution in [0.15, 0.2) is 54.6 Å². The van der Waals surface area contributed by atoms with E-state index in [1.165, 1.54) is 0 Å². The van der Waals surface area contributed by atoms with Crippen LogP contribution < -0.4 is 5.32 Å². The predicted molar refractivity (Wildman–Crippen MR) is 116 cm³/mol. The highest BCUT2D eigenvalue weighted by atomic mass is 16.5. The molecule has 1 N–H and O–H groups in total. The number of para-hydroxylation sites is 1. The zero-order chi connectivity index (χ0) is 21.7. The zero-order valence-electron chi connectivity index (χ0n) is 17.8. The van der Waals surface area contributed by atoms with Crippen molar-refractivity contribution in [1.82, 2.24) is 15.1 Å². The summed E-state index contributed by atoms with van der Waals surface area (Å²) in [5.41, 5.74) is 4.30. The molecule has 2 aromatic carbocycles. The van der Waals surface area contributed by atoms with E-state index in [1.54, 1.807) is 18.5 Å². The van der Waals surface area contributed by atoms with Crippen molar-refractivity contribution in [1.29, 1.82) is 0 Å². The van der Waals surface area contributed by atoms with Crippen molar-refractivity contribution in [3.8, 4) is 5.69 Å². The first-order chi connectivity index (χ1) is 14.4. The van der Waals surface area contributed by atoms with Crippen LogP contribution in [-0.4, -0.2) is 27.6 Å². The molecule has 0 saturated carbocycles. The fraction of sp³-hybridized carbons (Fsp3) is 0.292. The van der Waals surface area contributed by atoms with Crippen molar-refractivity contribution >= 4 is 11.7 Å². The smallest absolute Gasteiger partial charge is 0.292 e. The molecule has 0 bridgehead atoms. The van der Waals surface area contributed by atoms with Gasteiger partial charge in [-0.25, -0.2) is 4.68 Å². The number of nitrogens with one attached hydrogen (secondary N) is 1. The van der Waals surface area contributed by atoms with E-state index in [1.807, 2.05) is 68.4 Å². The lowest BCUT2D eigenvalue weighted by Crippen LogP contribution is -2.31. The summed E-state index contributed by atoms with van der Waals surface area (Å²) in [6.45, 7) is 8.29. The average molecular weight is 405 g/mol. The van der Waals surface area contributed by atoms with Crippen LogP contribution in [-0.2, 0) is 22.7 Å². The maximum absolute atomic E-state index is 12.8. The van der Waals surface area contributed by atoms with Gasteiger partial charge in [-0.05, 0) is 51.0 Å². The number of amides is 1. The molecule has 0 unspecified atom stereocenters. The van der Waals surface area contributed by atoms with E-state index >= 15 is 0 Å². The number of rotatable bonds is 8. The lowest BCUT2D eigenvalue weighted by Gasteiger charge is -2.10. The summed E-state index contributed by atoms with van der Waals surface area (Å²) in [7, 11) is 0. The van der Waals surface area contributed by atoms with Gasteiger partial charge >= 0.3 is 0 Å². The molecule has 0 aliphatic carbocycles. The van der Waals surface area contributed by atoms with Crippen molar-refractivity contribution in [2.75, 3.05) is 0 Å². The van der Waals surface area contributed by atoms with Gasteiger partial charge in [-0.3, -0.25) is 9.59 Å². The van der Waals surface area contributed by atoms with Gasteiger partial charge in [-0.2, -0.15) is 5.10 Å². The third kappa shape index (κ3) is 5.02. The van der Waals surface area contributed by atoms with Crippen LogP contribution in [0.3, 0.4) is 0 Å². The van der Waals surface area contributed by atoms with Crippen LogP contribution in [0.1, 0.15) is 46.7 Å². The number of hydrogen-bond acceptors (Lipinski definition) is 4. The number of aryl methyl sites for hydroxylation is 1. The largest absolute Gasteiger partial charge is 0.374 e. The molecule has 1 amide bonds. The summed E-state index contributed by atoms with van der Waals surface area (Å²) in [6.07, 6.45) is 0.147. The van der Waals surface area contributed by atoms with E-state index < -0.39 is 11.7 Å². The number of Topliss-reactive ketones (excluding diaryl/α,β-unsaturated/α-hetero) is 1. The Hall–Kier alpha value is -3.25. The Morgan fingerprint density at radius 2 is 1.73 bits per heavy atom. The molecule has 3 aromatic rings. The Balaban J connectivity index is 1.69. The van der Waals surface area contributed by atoms with Gasteiger partial charge in [0.05, 0.1) is 35.3 Å². The Labute approximate surface area is 176 Å². The van der Waals surface area contributed by atoms with Gasteiger partial charge in [0.15, 0.2) is 0 Å². The Kier molecular flexibility index (Phi) is 6.79. The van der Waals surface area contributed by atoms with E-state index in [-0.39, 0.29) is 12.6 Å². The standard InChI is InChI=1S/C24H27N3O3/c1-16(2)30-15-20-10-8-9-19(13-20)14-25-24(29)23(28)22-17(3)26-27(18(22)4)21-11-6-5-7-12-21/h5-13,16H,14-15H2,1-4H3,(H,25,29). The van der Waals surface area contributed by atoms with Crippen LogP contribution in [0.5, 0.6) is 0 Å². The molecule has 0 aliphatic rings. The second-order valence-corrected chi connectivity index (χ2v) is 7.48. The highest BCUT2D eigenvalue weighted by Crippen LogP contribution is 2.18. The van der Waals surface area contributed by atoms with Gasteiger partial charge in [0.1, 0.15) is 0 Å². The van der Waals surface area contributed by atoms with Gasteiger partial charge in [-0.15, -0.1) is 0 Å². The zero-order valence-corrected chi connectivity index (χ0v) is 17.8. The third-order valence-electron chi connectivity index (χ3n) is 4.75. The fourth-order valence-electron chi connectivity index (χ4n) is 3.26. The fourth-order valence-corrected chi connectivity index (χ4v) is 3.26. The Morgan fingerprint density at radius 1 is 1.03 bits per heavy atom. The molecule has 0 fully saturated rings. The molecular weight excluding hydrogens is 378 g/mol. The maximum atomic E-state index is 12.8. The van der Waals surface area contributed by atoms with Gasteiger partial charge in [0, 0.05) is 6.54 Å². The van der Waals surface area contributed by atoms with E-state index in [0.29, 0.717) is 23.6 Å². The summed E-state index contributed by atoms with van der Waals surface area (Å²) in [6, 6.07) is 17.3. The molecule has 1 aromatic heterocycles. The van der Waals surface area contributed by atoms with Crippen LogP contribution >= 0.6 is 0 Å². The van der Waals surface area contributed by atoms with Crippen molar-refractivity contribution in [3.05, 3.63) is 82.7 Å². The van der Waals surface area contributed by atoms with E-state index in [4.69, 9.17) is 4.74 Å². The molecule has 1 heterocycles. The quantitative estimate of drug-likeness (QED) is 0.455. The number of carbonyl (C=O) groups is 2. The number of hydrogen-bond donors (Lipinski definition) is 1. The number of benzene rings is 2. The molecule has 0 spiro atoms. The number of ether oxygens (including phenoxy) is 1. The molecular formula is C24H27N3O3. The topological polar surface area (TPSA) is 73.2 Å². The van der Waals surface area contributed by atoms with Crippen molar-refractivity contribution in [2.24, 2.45) is 0 Å². The van der Waals surface area contributed by atoms with E-state index in [9.17, 15) is 9.59 Å². The van der Waals surface area contributed by atoms with Crippen LogP contribution in [0.2, 0.25) is 0 Å². The minimum absolute atomic E-state index is 0.147. The summed E-state index contributed by atoms with van der Waals surface area (Å²) in [5.74, 6) is -1.22. The lowest BCUT2D eigenvalue weighted by molar-refractivity contribution is -0.117. The minimum Gasteiger partial charge on any atom is -0.374 e. The molecule has 6 heteroatoms. The summed E-state index contributed by atoms with van der Waals surface area (Å²) < 4.78 is 7.31. The summed E-state index contributed by atoms with van der Waals surface area (Å²) in [4.78, 5) is 25.4. The summed E-state index contributed by atoms with van der Waals surface area (Å²) in [5, 5.41) is 7.18. The second kappa shape index (κ2) is 9.50. The number of carbonyl (C=O) groups excluding carboxylic acids is 2. The normalized spacial score (nSPS) is 11.0. The van der Waals surface area contributed by atoms with Crippen molar-refractivity contribution in [3.63, 3.8) is 0 Å². The minimum atomic E-state index is -0.641. The lowest BCUT2D eigenvalue weighted by atomic mass is 10.1. The Morgan fingerprint density at radius 3 is 2.43 bits per heavy atom. The van der Waals surface area contributed by atoms with E-state index in [0.717, 1.165) is 16.8 Å². The van der Waals surface area contributed by atoms with Crippen LogP contribution in [0.4, 0.5) is 0 Å². The first-order valence-electron chi connectivity index (χ1n) is 10.0. The van der Waals surface area contributed by atoms with Gasteiger partial charge in [-0.1, -0.05) is 42.5 Å². The van der Waals surface area contributed by atoms with Gasteiger partial charge < -0.3 is 10.1 Å².